The normalized spacial score (nSPS) is 24.7. The second-order valence-electron chi connectivity index (χ2n) is 6.25. The predicted molar refractivity (Wildman–Crippen MR) is 79.0 cm³/mol. The van der Waals surface area contributed by atoms with E-state index in [9.17, 15) is 0 Å². The number of hydrogen-bond donors (Lipinski definition) is 1. The topological polar surface area (TPSA) is 15.3 Å². The van der Waals surface area contributed by atoms with Gasteiger partial charge in [0, 0.05) is 6.04 Å². The molecule has 1 saturated carbocycles. The molecule has 0 aromatic heterocycles. The minimum Gasteiger partial charge on any atom is -0.314 e. The Morgan fingerprint density at radius 1 is 0.778 bits per heavy atom. The lowest BCUT2D eigenvalue weighted by atomic mass is 9.95. The van der Waals surface area contributed by atoms with Gasteiger partial charge in [0.1, 0.15) is 0 Å². The van der Waals surface area contributed by atoms with E-state index >= 15 is 0 Å². The summed E-state index contributed by atoms with van der Waals surface area (Å²) in [6, 6.07) is 0.839. The van der Waals surface area contributed by atoms with Crippen molar-refractivity contribution >= 4 is 0 Å². The Kier molecular flexibility index (Phi) is 7.11. The number of nitrogens with one attached hydrogen (secondary N) is 1. The van der Waals surface area contributed by atoms with Crippen LogP contribution in [0.4, 0.5) is 0 Å². The molecule has 1 aliphatic carbocycles. The van der Waals surface area contributed by atoms with Crippen molar-refractivity contribution in [3.05, 3.63) is 0 Å². The maximum atomic E-state index is 3.76. The molecule has 0 aromatic carbocycles. The summed E-state index contributed by atoms with van der Waals surface area (Å²) in [5.41, 5.74) is 0. The molecule has 2 rings (SSSR count). The van der Waals surface area contributed by atoms with Gasteiger partial charge in [0.15, 0.2) is 0 Å². The van der Waals surface area contributed by atoms with E-state index < -0.39 is 0 Å². The van der Waals surface area contributed by atoms with E-state index in [-0.39, 0.29) is 0 Å². The van der Waals surface area contributed by atoms with Gasteiger partial charge in [-0.25, -0.2) is 0 Å². The van der Waals surface area contributed by atoms with Crippen LogP contribution < -0.4 is 5.32 Å². The summed E-state index contributed by atoms with van der Waals surface area (Å²) in [5.74, 6) is 0. The lowest BCUT2D eigenvalue weighted by Gasteiger charge is -2.26. The highest BCUT2D eigenvalue weighted by molar-refractivity contribution is 4.72. The minimum atomic E-state index is 0.839. The Hall–Kier alpha value is -0.0800. The fraction of sp³-hybridized carbons (Fsp3) is 1.00. The highest BCUT2D eigenvalue weighted by atomic mass is 15.1. The molecule has 106 valence electrons. The second kappa shape index (κ2) is 8.92. The van der Waals surface area contributed by atoms with Gasteiger partial charge in [-0.2, -0.15) is 0 Å². The van der Waals surface area contributed by atoms with Gasteiger partial charge >= 0.3 is 0 Å². The Morgan fingerprint density at radius 2 is 1.39 bits per heavy atom. The van der Waals surface area contributed by atoms with E-state index in [1.807, 2.05) is 0 Å². The summed E-state index contributed by atoms with van der Waals surface area (Å²) in [6.45, 7) is 5.26. The van der Waals surface area contributed by atoms with Crippen LogP contribution in [-0.4, -0.2) is 37.1 Å². The fourth-order valence-electron chi connectivity index (χ4n) is 3.45. The number of likely N-dealkylation sites (tertiary alicyclic amines) is 1. The largest absolute Gasteiger partial charge is 0.314 e. The van der Waals surface area contributed by atoms with E-state index in [0.717, 1.165) is 6.04 Å². The third kappa shape index (κ3) is 5.71. The molecule has 2 aliphatic rings. The van der Waals surface area contributed by atoms with E-state index in [2.05, 4.69) is 10.2 Å². The van der Waals surface area contributed by atoms with Crippen molar-refractivity contribution < 1.29 is 0 Å². The summed E-state index contributed by atoms with van der Waals surface area (Å²) in [5, 5.41) is 3.76. The quantitative estimate of drug-likeness (QED) is 0.753. The van der Waals surface area contributed by atoms with Crippen LogP contribution in [0.2, 0.25) is 0 Å². The number of rotatable bonds is 5. The van der Waals surface area contributed by atoms with Crippen molar-refractivity contribution in [2.75, 3.05) is 26.2 Å². The maximum absolute atomic E-state index is 3.76. The van der Waals surface area contributed by atoms with Crippen molar-refractivity contribution in [2.45, 2.75) is 76.7 Å². The standard InChI is InChI=1S/C16H32N2/c1-2-7-13-18(14-8-3-1)15-9-12-17-16-10-5-4-6-11-16/h16-17H,1-15H2. The zero-order valence-electron chi connectivity index (χ0n) is 12.1. The minimum absolute atomic E-state index is 0.839. The Labute approximate surface area is 114 Å². The number of hydrogen-bond acceptors (Lipinski definition) is 2. The van der Waals surface area contributed by atoms with Crippen LogP contribution in [0.25, 0.3) is 0 Å². The molecule has 0 radical (unpaired) electrons. The van der Waals surface area contributed by atoms with Crippen LogP contribution in [0, 0.1) is 0 Å². The van der Waals surface area contributed by atoms with Crippen molar-refractivity contribution in [2.24, 2.45) is 0 Å². The van der Waals surface area contributed by atoms with Gasteiger partial charge in [0.2, 0.25) is 0 Å². The Morgan fingerprint density at radius 3 is 2.11 bits per heavy atom. The molecule has 0 aromatic rings. The first-order valence-corrected chi connectivity index (χ1v) is 8.41. The molecule has 1 N–H and O–H groups in total. The molecule has 0 unspecified atom stereocenters. The van der Waals surface area contributed by atoms with Gasteiger partial charge < -0.3 is 10.2 Å². The zero-order valence-corrected chi connectivity index (χ0v) is 12.1. The monoisotopic (exact) mass is 252 g/mol. The molecular weight excluding hydrogens is 220 g/mol. The molecule has 2 nitrogen and oxygen atoms in total. The van der Waals surface area contributed by atoms with Gasteiger partial charge in [-0.15, -0.1) is 0 Å². The van der Waals surface area contributed by atoms with Crippen molar-refractivity contribution in [3.63, 3.8) is 0 Å². The molecule has 2 fully saturated rings. The lowest BCUT2D eigenvalue weighted by Crippen LogP contribution is -2.34. The van der Waals surface area contributed by atoms with E-state index in [1.165, 1.54) is 96.8 Å². The molecule has 2 heteroatoms. The second-order valence-corrected chi connectivity index (χ2v) is 6.25. The van der Waals surface area contributed by atoms with E-state index in [0.29, 0.717) is 0 Å². The summed E-state index contributed by atoms with van der Waals surface area (Å²) >= 11 is 0. The SMILES string of the molecule is C1CCCN(CCCNC2CCCCC2)CCC1. The average Bonchev–Trinajstić information content (AvgIpc) is 2.38. The molecule has 0 amide bonds. The van der Waals surface area contributed by atoms with Crippen molar-refractivity contribution in [3.8, 4) is 0 Å². The predicted octanol–water partition coefficient (Wildman–Crippen LogP) is 3.56. The van der Waals surface area contributed by atoms with Crippen LogP contribution in [0.1, 0.15) is 70.6 Å². The van der Waals surface area contributed by atoms with Crippen molar-refractivity contribution in [1.29, 1.82) is 0 Å². The molecule has 0 spiro atoms. The molecule has 18 heavy (non-hydrogen) atoms. The third-order valence-electron chi connectivity index (χ3n) is 4.64. The molecule has 1 saturated heterocycles. The molecular formula is C16H32N2. The average molecular weight is 252 g/mol. The highest BCUT2D eigenvalue weighted by Crippen LogP contribution is 2.17. The van der Waals surface area contributed by atoms with Crippen LogP contribution >= 0.6 is 0 Å². The highest BCUT2D eigenvalue weighted by Gasteiger charge is 2.12. The van der Waals surface area contributed by atoms with Crippen LogP contribution in [0.15, 0.2) is 0 Å². The molecule has 1 heterocycles. The summed E-state index contributed by atoms with van der Waals surface area (Å²) in [6.07, 6.45) is 15.8. The molecule has 1 aliphatic heterocycles. The van der Waals surface area contributed by atoms with E-state index in [4.69, 9.17) is 0 Å². The summed E-state index contributed by atoms with van der Waals surface area (Å²) in [4.78, 5) is 2.70. The summed E-state index contributed by atoms with van der Waals surface area (Å²) < 4.78 is 0. The molecule has 0 bridgehead atoms. The lowest BCUT2D eigenvalue weighted by molar-refractivity contribution is 0.241. The van der Waals surface area contributed by atoms with Gasteiger partial charge in [-0.1, -0.05) is 38.5 Å². The van der Waals surface area contributed by atoms with Gasteiger partial charge in [0.05, 0.1) is 0 Å². The van der Waals surface area contributed by atoms with Gasteiger partial charge in [-0.3, -0.25) is 0 Å². The zero-order chi connectivity index (χ0) is 12.5. The van der Waals surface area contributed by atoms with Crippen molar-refractivity contribution in [1.82, 2.24) is 10.2 Å². The first kappa shape index (κ1) is 14.3. The van der Waals surface area contributed by atoms with Crippen LogP contribution in [-0.2, 0) is 0 Å². The number of nitrogens with zero attached hydrogens (tertiary/aromatic N) is 1. The summed E-state index contributed by atoms with van der Waals surface area (Å²) in [7, 11) is 0. The van der Waals surface area contributed by atoms with Crippen LogP contribution in [0.3, 0.4) is 0 Å². The smallest absolute Gasteiger partial charge is 0.00670 e. The fourth-order valence-corrected chi connectivity index (χ4v) is 3.45. The van der Waals surface area contributed by atoms with Gasteiger partial charge in [-0.05, 0) is 58.3 Å². The maximum Gasteiger partial charge on any atom is 0.00670 e. The first-order chi connectivity index (χ1) is 8.95. The Balaban J connectivity index is 1.50. The molecule has 0 atom stereocenters. The third-order valence-corrected chi connectivity index (χ3v) is 4.64. The van der Waals surface area contributed by atoms with E-state index in [1.54, 1.807) is 0 Å². The van der Waals surface area contributed by atoms with Crippen LogP contribution in [0.5, 0.6) is 0 Å². The van der Waals surface area contributed by atoms with Gasteiger partial charge in [0.25, 0.3) is 0 Å². The Bertz CT molecular complexity index is 191. The first-order valence-electron chi connectivity index (χ1n) is 8.41.